The van der Waals surface area contributed by atoms with E-state index in [0.29, 0.717) is 23.3 Å². The van der Waals surface area contributed by atoms with Crippen molar-refractivity contribution < 1.29 is 4.74 Å². The zero-order chi connectivity index (χ0) is 14.0. The summed E-state index contributed by atoms with van der Waals surface area (Å²) in [4.78, 5) is 11.9. The molecule has 1 fully saturated rings. The Morgan fingerprint density at radius 3 is 2.95 bits per heavy atom. The van der Waals surface area contributed by atoms with E-state index in [1.165, 1.54) is 4.68 Å². The number of aromatic nitrogens is 2. The van der Waals surface area contributed by atoms with Crippen LogP contribution in [0.5, 0.6) is 0 Å². The molecule has 6 nitrogen and oxygen atoms in total. The van der Waals surface area contributed by atoms with Gasteiger partial charge in [-0.1, -0.05) is 0 Å². The van der Waals surface area contributed by atoms with E-state index < -0.39 is 0 Å². The molecule has 0 saturated heterocycles. The van der Waals surface area contributed by atoms with Crippen LogP contribution in [0, 0.1) is 0 Å². The summed E-state index contributed by atoms with van der Waals surface area (Å²) in [6.45, 7) is 5.04. The molecule has 106 valence electrons. The second kappa shape index (κ2) is 6.02. The van der Waals surface area contributed by atoms with Gasteiger partial charge >= 0.3 is 0 Å². The molecular weight excluding hydrogens is 312 g/mol. The van der Waals surface area contributed by atoms with Gasteiger partial charge in [-0.2, -0.15) is 5.10 Å². The second-order valence-electron chi connectivity index (χ2n) is 4.56. The number of nitrogens with one attached hydrogen (secondary N) is 1. The van der Waals surface area contributed by atoms with Crippen LogP contribution in [0.4, 0.5) is 5.69 Å². The summed E-state index contributed by atoms with van der Waals surface area (Å²) in [6.07, 6.45) is 2.58. The Morgan fingerprint density at radius 2 is 2.37 bits per heavy atom. The lowest BCUT2D eigenvalue weighted by molar-refractivity contribution is -0.0126. The number of anilines is 1. The molecule has 3 N–H and O–H groups in total. The minimum atomic E-state index is -0.145. The van der Waals surface area contributed by atoms with Crippen LogP contribution in [0.2, 0.25) is 0 Å². The third-order valence-corrected chi connectivity index (χ3v) is 4.12. The van der Waals surface area contributed by atoms with Crippen LogP contribution >= 0.6 is 15.9 Å². The molecule has 2 rings (SSSR count). The molecule has 0 aromatic carbocycles. The fraction of sp³-hybridized carbons (Fsp3) is 0.667. The van der Waals surface area contributed by atoms with E-state index in [1.807, 2.05) is 13.8 Å². The van der Waals surface area contributed by atoms with Crippen molar-refractivity contribution in [3.05, 3.63) is 21.0 Å². The van der Waals surface area contributed by atoms with Crippen molar-refractivity contribution in [1.82, 2.24) is 9.78 Å². The molecule has 19 heavy (non-hydrogen) atoms. The van der Waals surface area contributed by atoms with Gasteiger partial charge in [-0.3, -0.25) is 4.79 Å². The predicted octanol–water partition coefficient (Wildman–Crippen LogP) is 0.942. The SMILES string of the molecule is CCOC1CC(N)C1Nc1cnn(CC)c(=O)c1Br. The Morgan fingerprint density at radius 1 is 1.63 bits per heavy atom. The van der Waals surface area contributed by atoms with E-state index in [0.717, 1.165) is 6.42 Å². The number of aryl methyl sites for hydroxylation is 1. The van der Waals surface area contributed by atoms with Crippen molar-refractivity contribution in [3.8, 4) is 0 Å². The van der Waals surface area contributed by atoms with Gasteiger partial charge in [-0.25, -0.2) is 4.68 Å². The summed E-state index contributed by atoms with van der Waals surface area (Å²) in [7, 11) is 0. The maximum Gasteiger partial charge on any atom is 0.283 e. The van der Waals surface area contributed by atoms with Gasteiger partial charge in [0.25, 0.3) is 5.56 Å². The number of nitrogens with two attached hydrogens (primary N) is 1. The van der Waals surface area contributed by atoms with E-state index in [2.05, 4.69) is 26.3 Å². The van der Waals surface area contributed by atoms with Crippen molar-refractivity contribution in [2.24, 2.45) is 5.73 Å². The smallest absolute Gasteiger partial charge is 0.283 e. The van der Waals surface area contributed by atoms with Crippen molar-refractivity contribution in [2.75, 3.05) is 11.9 Å². The normalized spacial score (nSPS) is 26.0. The summed E-state index contributed by atoms with van der Waals surface area (Å²) in [5.74, 6) is 0. The summed E-state index contributed by atoms with van der Waals surface area (Å²) in [6, 6.07) is 0.0620. The third-order valence-electron chi connectivity index (χ3n) is 3.35. The molecule has 0 amide bonds. The fourth-order valence-electron chi connectivity index (χ4n) is 2.20. The molecule has 0 aliphatic heterocycles. The highest BCUT2D eigenvalue weighted by Gasteiger charge is 2.39. The lowest BCUT2D eigenvalue weighted by atomic mass is 9.83. The van der Waals surface area contributed by atoms with Crippen LogP contribution in [0.3, 0.4) is 0 Å². The first-order valence-electron chi connectivity index (χ1n) is 6.47. The van der Waals surface area contributed by atoms with Crippen LogP contribution in [-0.2, 0) is 11.3 Å². The number of rotatable bonds is 5. The summed E-state index contributed by atoms with van der Waals surface area (Å²) < 4.78 is 7.47. The quantitative estimate of drug-likeness (QED) is 0.839. The van der Waals surface area contributed by atoms with Gasteiger partial charge < -0.3 is 15.8 Å². The Hall–Kier alpha value is -0.920. The van der Waals surface area contributed by atoms with E-state index in [9.17, 15) is 4.79 Å². The van der Waals surface area contributed by atoms with Crippen LogP contribution in [0.25, 0.3) is 0 Å². The first kappa shape index (κ1) is 14.5. The lowest BCUT2D eigenvalue weighted by Gasteiger charge is -2.43. The Kier molecular flexibility index (Phi) is 4.59. The maximum atomic E-state index is 11.9. The van der Waals surface area contributed by atoms with Gasteiger partial charge in [-0.15, -0.1) is 0 Å². The highest BCUT2D eigenvalue weighted by Crippen LogP contribution is 2.28. The van der Waals surface area contributed by atoms with E-state index in [4.69, 9.17) is 10.5 Å². The van der Waals surface area contributed by atoms with Gasteiger partial charge in [-0.05, 0) is 36.2 Å². The first-order chi connectivity index (χ1) is 9.08. The molecule has 0 spiro atoms. The summed E-state index contributed by atoms with van der Waals surface area (Å²) in [5, 5.41) is 7.35. The molecule has 1 heterocycles. The largest absolute Gasteiger partial charge is 0.376 e. The minimum Gasteiger partial charge on any atom is -0.376 e. The van der Waals surface area contributed by atoms with Crippen LogP contribution < -0.4 is 16.6 Å². The minimum absolute atomic E-state index is 0.0231. The number of halogens is 1. The molecule has 0 bridgehead atoms. The molecule has 1 saturated carbocycles. The number of ether oxygens (including phenoxy) is 1. The summed E-state index contributed by atoms with van der Waals surface area (Å²) >= 11 is 3.32. The van der Waals surface area contributed by atoms with Gasteiger partial charge in [0, 0.05) is 19.2 Å². The van der Waals surface area contributed by atoms with Gasteiger partial charge in [0.15, 0.2) is 0 Å². The number of hydrogen-bond acceptors (Lipinski definition) is 5. The van der Waals surface area contributed by atoms with Crippen molar-refractivity contribution >= 4 is 21.6 Å². The molecule has 7 heteroatoms. The van der Waals surface area contributed by atoms with Crippen molar-refractivity contribution in [2.45, 2.75) is 45.0 Å². The lowest BCUT2D eigenvalue weighted by Crippen LogP contribution is -2.60. The molecule has 1 aromatic heterocycles. The van der Waals surface area contributed by atoms with Crippen LogP contribution in [0.15, 0.2) is 15.5 Å². The zero-order valence-corrected chi connectivity index (χ0v) is 12.7. The zero-order valence-electron chi connectivity index (χ0n) is 11.1. The van der Waals surface area contributed by atoms with Gasteiger partial charge in [0.05, 0.1) is 24.0 Å². The van der Waals surface area contributed by atoms with Crippen molar-refractivity contribution in [3.63, 3.8) is 0 Å². The standard InChI is InChI=1S/C12H19BrN4O2/c1-3-17-12(18)10(13)8(6-15-17)16-11-7(14)5-9(11)19-4-2/h6-7,9,11,16H,3-5,14H2,1-2H3. The third kappa shape index (κ3) is 2.82. The molecular formula is C12H19BrN4O2. The van der Waals surface area contributed by atoms with Crippen LogP contribution in [-0.4, -0.2) is 34.6 Å². The molecule has 0 radical (unpaired) electrons. The average Bonchev–Trinajstić information content (AvgIpc) is 2.40. The molecule has 3 unspecified atom stereocenters. The topological polar surface area (TPSA) is 82.2 Å². The molecule has 1 aliphatic rings. The number of hydrogen-bond donors (Lipinski definition) is 2. The van der Waals surface area contributed by atoms with Gasteiger partial charge in [0.2, 0.25) is 0 Å². The highest BCUT2D eigenvalue weighted by atomic mass is 79.9. The molecule has 1 aromatic rings. The van der Waals surface area contributed by atoms with Gasteiger partial charge in [0.1, 0.15) is 4.47 Å². The van der Waals surface area contributed by atoms with E-state index >= 15 is 0 Å². The first-order valence-corrected chi connectivity index (χ1v) is 7.27. The van der Waals surface area contributed by atoms with E-state index in [1.54, 1.807) is 6.20 Å². The Balaban J connectivity index is 2.15. The molecule has 3 atom stereocenters. The van der Waals surface area contributed by atoms with Crippen molar-refractivity contribution in [1.29, 1.82) is 0 Å². The average molecular weight is 331 g/mol. The highest BCUT2D eigenvalue weighted by molar-refractivity contribution is 9.10. The fourth-order valence-corrected chi connectivity index (χ4v) is 2.62. The van der Waals surface area contributed by atoms with Crippen LogP contribution in [0.1, 0.15) is 20.3 Å². The monoisotopic (exact) mass is 330 g/mol. The number of nitrogens with zero attached hydrogens (tertiary/aromatic N) is 2. The Bertz CT molecular complexity index is 503. The van der Waals surface area contributed by atoms with E-state index in [-0.39, 0.29) is 23.7 Å². The summed E-state index contributed by atoms with van der Waals surface area (Å²) in [5.41, 5.74) is 6.50. The maximum absolute atomic E-state index is 11.9. The second-order valence-corrected chi connectivity index (χ2v) is 5.35. The molecule has 1 aliphatic carbocycles. The predicted molar refractivity (Wildman–Crippen MR) is 77.3 cm³/mol. The Labute approximate surface area is 120 Å².